The van der Waals surface area contributed by atoms with Crippen molar-refractivity contribution < 1.29 is 33.5 Å². The van der Waals surface area contributed by atoms with Gasteiger partial charge in [-0.3, -0.25) is 4.79 Å². The van der Waals surface area contributed by atoms with E-state index in [1.807, 2.05) is 4.90 Å². The fourth-order valence-corrected chi connectivity index (χ4v) is 4.53. The molecule has 188 valence electrons. The molecule has 11 nitrogen and oxygen atoms in total. The smallest absolute Gasteiger partial charge is 0.362 e. The molecule has 0 saturated carbocycles. The van der Waals surface area contributed by atoms with Gasteiger partial charge in [0.2, 0.25) is 23.0 Å². The summed E-state index contributed by atoms with van der Waals surface area (Å²) in [6, 6.07) is 8.80. The highest BCUT2D eigenvalue weighted by Gasteiger charge is 2.37. The monoisotopic (exact) mass is 505 g/mol. The zero-order valence-corrected chi connectivity index (χ0v) is 19.7. The summed E-state index contributed by atoms with van der Waals surface area (Å²) in [6.45, 7) is 3.86. The molecular formula is C25H22FN6O5+. The van der Waals surface area contributed by atoms with Crippen molar-refractivity contribution in [1.29, 1.82) is 0 Å². The number of rotatable bonds is 5. The lowest BCUT2D eigenvalue weighted by atomic mass is 10.0. The van der Waals surface area contributed by atoms with Gasteiger partial charge in [0.25, 0.3) is 5.88 Å². The molecule has 37 heavy (non-hydrogen) atoms. The topological polar surface area (TPSA) is 144 Å². The van der Waals surface area contributed by atoms with E-state index < -0.39 is 23.2 Å². The van der Waals surface area contributed by atoms with Crippen LogP contribution in [0.5, 0.6) is 11.6 Å². The zero-order valence-electron chi connectivity index (χ0n) is 19.7. The molecule has 5 aromatic rings. The number of nitrogens with zero attached hydrogens (tertiary/aromatic N) is 4. The first-order valence-corrected chi connectivity index (χ1v) is 11.6. The summed E-state index contributed by atoms with van der Waals surface area (Å²) in [7, 11) is 0. The van der Waals surface area contributed by atoms with E-state index in [0.29, 0.717) is 49.0 Å². The Bertz CT molecular complexity index is 1650. The average Bonchev–Trinajstić information content (AvgIpc) is 3.62. The molecule has 0 spiro atoms. The molecule has 4 N–H and O–H groups in total. The number of ketones is 1. The Labute approximate surface area is 208 Å². The number of aromatic amines is 2. The van der Waals surface area contributed by atoms with Gasteiger partial charge in [0, 0.05) is 5.56 Å². The summed E-state index contributed by atoms with van der Waals surface area (Å²) < 4.78 is 27.2. The van der Waals surface area contributed by atoms with Crippen LogP contribution >= 0.6 is 0 Å². The molecule has 1 aliphatic heterocycles. The largest absolute Gasteiger partial charge is 0.502 e. The number of morpholine rings is 1. The number of H-pyrrole nitrogens is 2. The summed E-state index contributed by atoms with van der Waals surface area (Å²) in [4.78, 5) is 30.5. The number of hydrogen-bond donors (Lipinski definition) is 3. The van der Waals surface area contributed by atoms with Gasteiger partial charge in [-0.1, -0.05) is 17.1 Å². The third-order valence-electron chi connectivity index (χ3n) is 6.28. The number of carbonyl (C=O) groups is 1. The molecule has 4 aromatic heterocycles. The molecule has 0 atom stereocenters. The van der Waals surface area contributed by atoms with Gasteiger partial charge in [-0.05, 0) is 31.2 Å². The average molecular weight is 505 g/mol. The quantitative estimate of drug-likeness (QED) is 0.309. The molecule has 1 aromatic carbocycles. The van der Waals surface area contributed by atoms with E-state index in [1.165, 1.54) is 30.6 Å². The maximum atomic E-state index is 15.2. The fourth-order valence-electron chi connectivity index (χ4n) is 4.53. The second kappa shape index (κ2) is 8.75. The Hall–Kier alpha value is -4.71. The van der Waals surface area contributed by atoms with Gasteiger partial charge in [-0.2, -0.15) is 4.57 Å². The minimum Gasteiger partial charge on any atom is -0.502 e. The summed E-state index contributed by atoms with van der Waals surface area (Å²) in [5, 5.41) is 22.1. The Kier molecular flexibility index (Phi) is 5.37. The second-order valence-electron chi connectivity index (χ2n) is 8.56. The van der Waals surface area contributed by atoms with Gasteiger partial charge in [-0.15, -0.1) is 0 Å². The van der Waals surface area contributed by atoms with Crippen LogP contribution in [0.25, 0.3) is 28.4 Å². The van der Waals surface area contributed by atoms with Crippen LogP contribution in [0.2, 0.25) is 0 Å². The summed E-state index contributed by atoms with van der Waals surface area (Å²) in [5.41, 5.74) is 0.476. The Morgan fingerprint density at radius 2 is 1.95 bits per heavy atom. The van der Waals surface area contributed by atoms with Crippen LogP contribution in [0.3, 0.4) is 0 Å². The van der Waals surface area contributed by atoms with Crippen LogP contribution in [-0.4, -0.2) is 61.8 Å². The first-order valence-electron chi connectivity index (χ1n) is 11.6. The third-order valence-corrected chi connectivity index (χ3v) is 6.28. The molecular weight excluding hydrogens is 483 g/mol. The number of ether oxygens (including phenoxy) is 1. The van der Waals surface area contributed by atoms with Crippen LogP contribution in [0.15, 0.2) is 47.1 Å². The maximum Gasteiger partial charge on any atom is 0.362 e. The lowest BCUT2D eigenvalue weighted by Gasteiger charge is -2.24. The van der Waals surface area contributed by atoms with Crippen molar-refractivity contribution in [2.75, 3.05) is 31.2 Å². The first-order chi connectivity index (χ1) is 17.9. The van der Waals surface area contributed by atoms with Crippen LogP contribution in [-0.2, 0) is 4.74 Å². The number of aromatic hydroxyl groups is 2. The highest BCUT2D eigenvalue weighted by Crippen LogP contribution is 2.44. The molecule has 12 heteroatoms. The van der Waals surface area contributed by atoms with E-state index in [9.17, 15) is 15.0 Å². The predicted octanol–water partition coefficient (Wildman–Crippen LogP) is 2.75. The van der Waals surface area contributed by atoms with Gasteiger partial charge in [0.05, 0.1) is 32.6 Å². The van der Waals surface area contributed by atoms with Crippen LogP contribution in [0, 0.1) is 12.7 Å². The number of anilines is 1. The Morgan fingerprint density at radius 1 is 1.16 bits per heavy atom. The molecule has 1 aliphatic rings. The lowest BCUT2D eigenvalue weighted by molar-refractivity contribution is -0.362. The Balaban J connectivity index is 1.64. The molecule has 1 saturated heterocycles. The number of carbonyl (C=O) groups excluding carboxylic acids is 1. The standard InChI is InChI=1S/C25H21FN6O5/c1-13-6-7-16(37-13)20(33)17-19(14-4-2-3-5-15(14)26)32(24(35)21(17)34)25-29-22-18(27-12-28-22)23(30-25)31-8-10-36-11-9-31/h2-7,12,34-35H,8-11H2,1H3,(H,27,28,29,30)/p+1. The van der Waals surface area contributed by atoms with Crippen molar-refractivity contribution in [3.05, 3.63) is 65.6 Å². The molecule has 0 unspecified atom stereocenters. The van der Waals surface area contributed by atoms with Crippen molar-refractivity contribution in [2.24, 2.45) is 0 Å². The van der Waals surface area contributed by atoms with E-state index >= 15 is 4.39 Å². The van der Waals surface area contributed by atoms with Gasteiger partial charge in [0.15, 0.2) is 11.3 Å². The maximum absolute atomic E-state index is 15.2. The van der Waals surface area contributed by atoms with Gasteiger partial charge in [0.1, 0.15) is 22.8 Å². The molecule has 1 fully saturated rings. The number of fused-ring (bicyclic) bond motifs is 1. The zero-order chi connectivity index (χ0) is 25.7. The molecule has 0 aliphatic carbocycles. The predicted molar refractivity (Wildman–Crippen MR) is 128 cm³/mol. The van der Waals surface area contributed by atoms with E-state index in [-0.39, 0.29) is 28.5 Å². The van der Waals surface area contributed by atoms with Crippen molar-refractivity contribution >= 4 is 22.8 Å². The molecule has 5 heterocycles. The van der Waals surface area contributed by atoms with E-state index in [0.717, 1.165) is 4.57 Å². The number of aromatic nitrogens is 5. The van der Waals surface area contributed by atoms with Gasteiger partial charge < -0.3 is 29.3 Å². The summed E-state index contributed by atoms with van der Waals surface area (Å²) in [6.07, 6.45) is 1.48. The highest BCUT2D eigenvalue weighted by molar-refractivity contribution is 6.14. The number of halogens is 1. The minimum atomic E-state index is -0.734. The second-order valence-corrected chi connectivity index (χ2v) is 8.56. The van der Waals surface area contributed by atoms with Crippen molar-refractivity contribution in [3.8, 4) is 28.8 Å². The number of benzene rings is 1. The number of furan rings is 1. The SMILES string of the molecule is Cc1ccc(C(=O)c2c(O)c(O)n(-c3nc4nc[nH]c4c(N4CCOCC4)[nH+]3)c2-c2ccccc2F)o1. The Morgan fingerprint density at radius 3 is 2.68 bits per heavy atom. The van der Waals surface area contributed by atoms with Crippen LogP contribution in [0.4, 0.5) is 10.2 Å². The van der Waals surface area contributed by atoms with Crippen molar-refractivity contribution in [2.45, 2.75) is 6.92 Å². The van der Waals surface area contributed by atoms with Gasteiger partial charge >= 0.3 is 5.95 Å². The number of nitrogens with one attached hydrogen (secondary N) is 2. The van der Waals surface area contributed by atoms with Crippen LogP contribution in [0.1, 0.15) is 21.9 Å². The molecule has 6 rings (SSSR count). The van der Waals surface area contributed by atoms with E-state index in [1.54, 1.807) is 19.1 Å². The van der Waals surface area contributed by atoms with E-state index in [2.05, 4.69) is 19.9 Å². The van der Waals surface area contributed by atoms with Crippen molar-refractivity contribution in [3.63, 3.8) is 0 Å². The molecule has 0 amide bonds. The van der Waals surface area contributed by atoms with Crippen LogP contribution < -0.4 is 9.88 Å². The number of hydrogen-bond acceptors (Lipinski definition) is 8. The normalized spacial score (nSPS) is 13.9. The van der Waals surface area contributed by atoms with Crippen molar-refractivity contribution in [1.82, 2.24) is 19.5 Å². The molecule has 0 radical (unpaired) electrons. The fraction of sp³-hybridized carbons (Fsp3) is 0.200. The first kappa shape index (κ1) is 22.7. The minimum absolute atomic E-state index is 0.0156. The molecule has 0 bridgehead atoms. The van der Waals surface area contributed by atoms with Gasteiger partial charge in [-0.25, -0.2) is 14.4 Å². The number of imidazole rings is 1. The lowest BCUT2D eigenvalue weighted by Crippen LogP contribution is -2.40. The van der Waals surface area contributed by atoms with E-state index in [4.69, 9.17) is 9.15 Å². The third kappa shape index (κ3) is 3.69. The number of aryl methyl sites for hydroxylation is 1. The summed E-state index contributed by atoms with van der Waals surface area (Å²) >= 11 is 0. The summed E-state index contributed by atoms with van der Waals surface area (Å²) in [5.74, 6) is -1.79. The highest BCUT2D eigenvalue weighted by atomic mass is 19.1.